The van der Waals surface area contributed by atoms with Gasteiger partial charge in [0.15, 0.2) is 0 Å². The largest absolute Gasteiger partial charge is 0.483 e. The second-order valence-corrected chi connectivity index (χ2v) is 4.96. The van der Waals surface area contributed by atoms with E-state index in [-0.39, 0.29) is 12.0 Å². The van der Waals surface area contributed by atoms with Gasteiger partial charge >= 0.3 is 0 Å². The first-order valence-electron chi connectivity index (χ1n) is 6.25. The second kappa shape index (κ2) is 6.43. The van der Waals surface area contributed by atoms with Crippen LogP contribution in [0, 0.1) is 5.92 Å². The van der Waals surface area contributed by atoms with Gasteiger partial charge in [-0.15, -0.1) is 0 Å². The zero-order valence-electron chi connectivity index (χ0n) is 12.1. The fourth-order valence-electron chi connectivity index (χ4n) is 2.03. The first kappa shape index (κ1) is 15.3. The van der Waals surface area contributed by atoms with Crippen molar-refractivity contribution in [1.82, 2.24) is 0 Å². The van der Waals surface area contributed by atoms with Crippen molar-refractivity contribution in [3.05, 3.63) is 10.4 Å². The Hall–Kier alpha value is -1.75. The van der Waals surface area contributed by atoms with Gasteiger partial charge in [0.1, 0.15) is 11.6 Å². The van der Waals surface area contributed by atoms with Crippen molar-refractivity contribution in [1.29, 1.82) is 0 Å². The minimum absolute atomic E-state index is 0.132. The lowest BCUT2D eigenvalue weighted by molar-refractivity contribution is 0.306. The molecule has 0 N–H and O–H groups in total. The van der Waals surface area contributed by atoms with Crippen LogP contribution in [0.3, 0.4) is 0 Å². The fourth-order valence-corrected chi connectivity index (χ4v) is 2.03. The molecule has 1 aliphatic rings. The summed E-state index contributed by atoms with van der Waals surface area (Å²) in [5.74, 6) is 1.42. The lowest BCUT2D eigenvalue weighted by Crippen LogP contribution is -2.45. The fraction of sp³-hybridized carbons (Fsp3) is 0.833. The van der Waals surface area contributed by atoms with Gasteiger partial charge in [-0.1, -0.05) is 19.0 Å². The van der Waals surface area contributed by atoms with Crippen LogP contribution >= 0.6 is 0 Å². The molecule has 0 aromatic carbocycles. The van der Waals surface area contributed by atoms with Crippen LogP contribution in [0.2, 0.25) is 0 Å². The Morgan fingerprint density at radius 1 is 1.42 bits per heavy atom. The molecule has 7 heteroatoms. The Bertz CT molecular complexity index is 426. The third-order valence-corrected chi connectivity index (χ3v) is 3.12. The molecule has 7 nitrogen and oxygen atoms in total. The SMILES string of the molecule is COC1=N[C@@](C)(CCN=[N+]=[N-])C(OC)=N[C@@H]1C(C)C. The maximum atomic E-state index is 8.35. The highest BCUT2D eigenvalue weighted by atomic mass is 16.5. The quantitative estimate of drug-likeness (QED) is 0.445. The Labute approximate surface area is 113 Å². The molecule has 0 saturated heterocycles. The molecule has 0 aliphatic carbocycles. The smallest absolute Gasteiger partial charge is 0.212 e. The maximum absolute atomic E-state index is 8.35. The molecule has 0 amide bonds. The summed E-state index contributed by atoms with van der Waals surface area (Å²) in [6.07, 6.45) is 0.529. The van der Waals surface area contributed by atoms with E-state index in [9.17, 15) is 0 Å². The summed E-state index contributed by atoms with van der Waals surface area (Å²) in [7, 11) is 3.17. The number of nitrogens with zero attached hydrogens (tertiary/aromatic N) is 5. The summed E-state index contributed by atoms with van der Waals surface area (Å²) >= 11 is 0. The van der Waals surface area contributed by atoms with Crippen molar-refractivity contribution in [2.45, 2.75) is 38.8 Å². The molecule has 0 radical (unpaired) electrons. The van der Waals surface area contributed by atoms with Gasteiger partial charge in [0.25, 0.3) is 0 Å². The van der Waals surface area contributed by atoms with Crippen LogP contribution in [0.1, 0.15) is 27.2 Å². The highest BCUT2D eigenvalue weighted by Gasteiger charge is 2.39. The number of hydrogen-bond donors (Lipinski definition) is 0. The van der Waals surface area contributed by atoms with E-state index in [4.69, 9.17) is 15.0 Å². The minimum Gasteiger partial charge on any atom is -0.483 e. The molecular formula is C12H21N5O2. The van der Waals surface area contributed by atoms with E-state index in [1.807, 2.05) is 6.92 Å². The lowest BCUT2D eigenvalue weighted by atomic mass is 9.94. The van der Waals surface area contributed by atoms with Gasteiger partial charge in [-0.3, -0.25) is 0 Å². The normalized spacial score (nSPS) is 26.3. The summed E-state index contributed by atoms with van der Waals surface area (Å²) in [6.45, 7) is 6.34. The van der Waals surface area contributed by atoms with Gasteiger partial charge < -0.3 is 9.47 Å². The van der Waals surface area contributed by atoms with Gasteiger partial charge in [0.05, 0.1) is 14.2 Å². The average Bonchev–Trinajstić information content (AvgIpc) is 2.38. The number of hydrogen-bond acceptors (Lipinski definition) is 5. The first-order chi connectivity index (χ1) is 8.98. The highest BCUT2D eigenvalue weighted by molar-refractivity contribution is 5.96. The summed E-state index contributed by atoms with van der Waals surface area (Å²) in [5, 5.41) is 3.54. The van der Waals surface area contributed by atoms with Crippen molar-refractivity contribution in [3.63, 3.8) is 0 Å². The molecule has 19 heavy (non-hydrogen) atoms. The number of azide groups is 1. The topological polar surface area (TPSA) is 91.9 Å². The molecule has 106 valence electrons. The van der Waals surface area contributed by atoms with E-state index >= 15 is 0 Å². The number of ether oxygens (including phenoxy) is 2. The maximum Gasteiger partial charge on any atom is 0.212 e. The van der Waals surface area contributed by atoms with E-state index in [0.29, 0.717) is 24.8 Å². The van der Waals surface area contributed by atoms with Crippen LogP contribution in [-0.2, 0) is 9.47 Å². The second-order valence-electron chi connectivity index (χ2n) is 4.96. The van der Waals surface area contributed by atoms with Crippen LogP contribution in [-0.4, -0.2) is 44.1 Å². The van der Waals surface area contributed by atoms with Crippen LogP contribution in [0.5, 0.6) is 0 Å². The van der Waals surface area contributed by atoms with E-state index in [1.54, 1.807) is 14.2 Å². The van der Waals surface area contributed by atoms with Gasteiger partial charge in [0.2, 0.25) is 11.8 Å². The van der Waals surface area contributed by atoms with E-state index < -0.39 is 5.54 Å². The zero-order chi connectivity index (χ0) is 14.5. The Morgan fingerprint density at radius 3 is 2.58 bits per heavy atom. The molecule has 0 spiro atoms. The molecule has 0 unspecified atom stereocenters. The molecule has 0 fully saturated rings. The predicted molar refractivity (Wildman–Crippen MR) is 74.5 cm³/mol. The van der Waals surface area contributed by atoms with E-state index in [1.165, 1.54) is 0 Å². The highest BCUT2D eigenvalue weighted by Crippen LogP contribution is 2.27. The average molecular weight is 267 g/mol. The van der Waals surface area contributed by atoms with E-state index in [0.717, 1.165) is 0 Å². The number of rotatable bonds is 4. The summed E-state index contributed by atoms with van der Waals surface area (Å²) in [4.78, 5) is 12.0. The van der Waals surface area contributed by atoms with Crippen LogP contribution in [0.25, 0.3) is 10.4 Å². The Kier molecular flexibility index (Phi) is 5.18. The third kappa shape index (κ3) is 3.38. The number of methoxy groups -OCH3 is 2. The van der Waals surface area contributed by atoms with Crippen molar-refractivity contribution in [2.75, 3.05) is 20.8 Å². The molecule has 0 aromatic rings. The van der Waals surface area contributed by atoms with Gasteiger partial charge in [-0.05, 0) is 24.8 Å². The van der Waals surface area contributed by atoms with Crippen molar-refractivity contribution >= 4 is 11.8 Å². The van der Waals surface area contributed by atoms with E-state index in [2.05, 4.69) is 33.9 Å². The standard InChI is InChI=1S/C12H21N5O2/c1-8(2)9-10(18-4)16-12(3,6-7-14-17-13)11(15-9)19-5/h8-9H,6-7H2,1-5H3/t9-,12+/m1/s1. The van der Waals surface area contributed by atoms with Crippen LogP contribution < -0.4 is 0 Å². The molecule has 1 heterocycles. The number of aliphatic imine (C=N–C) groups is 2. The monoisotopic (exact) mass is 267 g/mol. The Balaban J connectivity index is 3.06. The minimum atomic E-state index is -0.639. The summed E-state index contributed by atoms with van der Waals surface area (Å²) < 4.78 is 10.7. The summed E-state index contributed by atoms with van der Waals surface area (Å²) in [6, 6.07) is -0.132. The lowest BCUT2D eigenvalue weighted by Gasteiger charge is -2.33. The molecule has 0 bridgehead atoms. The Morgan fingerprint density at radius 2 is 2.11 bits per heavy atom. The predicted octanol–water partition coefficient (Wildman–Crippen LogP) is 2.57. The molecule has 2 atom stereocenters. The van der Waals surface area contributed by atoms with Gasteiger partial charge in [0, 0.05) is 11.5 Å². The molecule has 0 aromatic heterocycles. The van der Waals surface area contributed by atoms with Crippen molar-refractivity contribution < 1.29 is 9.47 Å². The zero-order valence-corrected chi connectivity index (χ0v) is 12.1. The molecule has 1 rings (SSSR count). The molecular weight excluding hydrogens is 246 g/mol. The van der Waals surface area contributed by atoms with Crippen LogP contribution in [0.15, 0.2) is 15.1 Å². The van der Waals surface area contributed by atoms with Gasteiger partial charge in [-0.25, -0.2) is 9.98 Å². The molecule has 1 aliphatic heterocycles. The van der Waals surface area contributed by atoms with Crippen molar-refractivity contribution in [3.8, 4) is 0 Å². The summed E-state index contributed by atoms with van der Waals surface area (Å²) in [5.41, 5.74) is 7.71. The first-order valence-corrected chi connectivity index (χ1v) is 6.25. The third-order valence-electron chi connectivity index (χ3n) is 3.12. The van der Waals surface area contributed by atoms with Gasteiger partial charge in [-0.2, -0.15) is 0 Å². The van der Waals surface area contributed by atoms with Crippen molar-refractivity contribution in [2.24, 2.45) is 21.0 Å². The van der Waals surface area contributed by atoms with Crippen LogP contribution in [0.4, 0.5) is 0 Å². The molecule has 0 saturated carbocycles.